The highest BCUT2D eigenvalue weighted by atomic mass is 16.5. The summed E-state index contributed by atoms with van der Waals surface area (Å²) < 4.78 is 5.76. The first kappa shape index (κ1) is 18.5. The minimum absolute atomic E-state index is 0.0289. The van der Waals surface area contributed by atoms with Crippen LogP contribution in [-0.2, 0) is 11.4 Å². The Labute approximate surface area is 147 Å². The van der Waals surface area contributed by atoms with Crippen LogP contribution in [0.5, 0.6) is 5.75 Å². The molecule has 0 aromatic heterocycles. The second-order valence-corrected chi connectivity index (χ2v) is 6.11. The van der Waals surface area contributed by atoms with Crippen LogP contribution in [0.3, 0.4) is 0 Å². The van der Waals surface area contributed by atoms with Crippen LogP contribution in [0.15, 0.2) is 48.5 Å². The number of aliphatic carboxylic acids is 1. The first-order chi connectivity index (χ1) is 11.9. The average Bonchev–Trinajstić information content (AvgIpc) is 2.58. The van der Waals surface area contributed by atoms with Gasteiger partial charge in [0.15, 0.2) is 0 Å². The van der Waals surface area contributed by atoms with Crippen LogP contribution in [0.2, 0.25) is 0 Å². The van der Waals surface area contributed by atoms with Crippen molar-refractivity contribution in [3.8, 4) is 5.75 Å². The molecule has 0 saturated carbocycles. The van der Waals surface area contributed by atoms with Gasteiger partial charge in [0.1, 0.15) is 12.4 Å². The summed E-state index contributed by atoms with van der Waals surface area (Å²) in [6, 6.07) is 14.8. The number of hydrogen-bond acceptors (Lipinski definition) is 3. The molecule has 2 aromatic carbocycles. The molecule has 0 radical (unpaired) electrons. The van der Waals surface area contributed by atoms with Gasteiger partial charge in [0.05, 0.1) is 0 Å². The van der Waals surface area contributed by atoms with Crippen molar-refractivity contribution < 1.29 is 19.4 Å². The monoisotopic (exact) mass is 341 g/mol. The van der Waals surface area contributed by atoms with E-state index in [2.05, 4.69) is 11.4 Å². The van der Waals surface area contributed by atoms with Crippen LogP contribution >= 0.6 is 0 Å². The molecular formula is C20H23NO4. The summed E-state index contributed by atoms with van der Waals surface area (Å²) in [4.78, 5) is 22.8. The average molecular weight is 341 g/mol. The minimum atomic E-state index is -0.868. The number of hydrogen-bond donors (Lipinski definition) is 2. The third-order valence-electron chi connectivity index (χ3n) is 3.75. The van der Waals surface area contributed by atoms with Gasteiger partial charge in [-0.3, -0.25) is 9.59 Å². The van der Waals surface area contributed by atoms with E-state index in [0.717, 1.165) is 5.56 Å². The van der Waals surface area contributed by atoms with E-state index in [4.69, 9.17) is 9.84 Å². The van der Waals surface area contributed by atoms with Crippen molar-refractivity contribution in [1.82, 2.24) is 5.32 Å². The molecular weight excluding hydrogens is 318 g/mol. The number of aryl methyl sites for hydroxylation is 1. The Balaban J connectivity index is 1.93. The lowest BCUT2D eigenvalue weighted by Gasteiger charge is -2.13. The molecule has 2 aromatic rings. The van der Waals surface area contributed by atoms with E-state index in [9.17, 15) is 9.59 Å². The summed E-state index contributed by atoms with van der Waals surface area (Å²) in [6.45, 7) is 4.25. The number of carbonyl (C=O) groups excluding carboxylic acids is 1. The number of rotatable bonds is 8. The van der Waals surface area contributed by atoms with Crippen molar-refractivity contribution in [1.29, 1.82) is 0 Å². The Hall–Kier alpha value is -2.82. The highest BCUT2D eigenvalue weighted by Crippen LogP contribution is 2.16. The number of benzene rings is 2. The Bertz CT molecular complexity index is 742. The van der Waals surface area contributed by atoms with E-state index in [1.54, 1.807) is 31.2 Å². The van der Waals surface area contributed by atoms with E-state index in [1.165, 1.54) is 5.56 Å². The van der Waals surface area contributed by atoms with Gasteiger partial charge in [-0.15, -0.1) is 0 Å². The fourth-order valence-corrected chi connectivity index (χ4v) is 2.41. The molecule has 0 fully saturated rings. The molecule has 0 heterocycles. The minimum Gasteiger partial charge on any atom is -0.489 e. The standard InChI is InChI=1S/C20H23NO4/c1-14-5-3-6-16(11-14)13-25-18-8-4-7-17(12-18)20(24)21-15(2)9-10-19(22)23/h3-8,11-12,15H,9-10,13H2,1-2H3,(H,21,24)(H,22,23). The summed E-state index contributed by atoms with van der Waals surface area (Å²) in [5.41, 5.74) is 2.73. The van der Waals surface area contributed by atoms with Crippen molar-refractivity contribution in [2.24, 2.45) is 0 Å². The molecule has 0 aliphatic carbocycles. The molecule has 5 heteroatoms. The summed E-state index contributed by atoms with van der Waals surface area (Å²) in [7, 11) is 0. The largest absolute Gasteiger partial charge is 0.489 e. The maximum absolute atomic E-state index is 12.3. The summed E-state index contributed by atoms with van der Waals surface area (Å²) in [6.07, 6.45) is 0.422. The lowest BCUT2D eigenvalue weighted by Crippen LogP contribution is -2.32. The van der Waals surface area contributed by atoms with Crippen LogP contribution in [0.4, 0.5) is 0 Å². The fourth-order valence-electron chi connectivity index (χ4n) is 2.41. The Morgan fingerprint density at radius 1 is 1.16 bits per heavy atom. The Morgan fingerprint density at radius 2 is 1.92 bits per heavy atom. The maximum atomic E-state index is 12.3. The van der Waals surface area contributed by atoms with E-state index < -0.39 is 5.97 Å². The van der Waals surface area contributed by atoms with Crippen LogP contribution in [0, 0.1) is 6.92 Å². The second-order valence-electron chi connectivity index (χ2n) is 6.11. The van der Waals surface area contributed by atoms with Gasteiger partial charge in [-0.1, -0.05) is 35.9 Å². The van der Waals surface area contributed by atoms with E-state index >= 15 is 0 Å². The third-order valence-corrected chi connectivity index (χ3v) is 3.75. The van der Waals surface area contributed by atoms with Gasteiger partial charge < -0.3 is 15.2 Å². The number of carboxylic acid groups (broad SMARTS) is 1. The van der Waals surface area contributed by atoms with E-state index in [1.807, 2.05) is 25.1 Å². The number of ether oxygens (including phenoxy) is 1. The summed E-state index contributed by atoms with van der Waals surface area (Å²) >= 11 is 0. The highest BCUT2D eigenvalue weighted by Gasteiger charge is 2.12. The van der Waals surface area contributed by atoms with Gasteiger partial charge in [-0.2, -0.15) is 0 Å². The second kappa shape index (κ2) is 8.87. The lowest BCUT2D eigenvalue weighted by atomic mass is 10.1. The predicted molar refractivity (Wildman–Crippen MR) is 95.8 cm³/mol. The predicted octanol–water partition coefficient (Wildman–Crippen LogP) is 3.56. The van der Waals surface area contributed by atoms with Gasteiger partial charge in [-0.25, -0.2) is 0 Å². The quantitative estimate of drug-likeness (QED) is 0.770. The maximum Gasteiger partial charge on any atom is 0.303 e. The molecule has 0 aliphatic rings. The normalized spacial score (nSPS) is 11.6. The molecule has 5 nitrogen and oxygen atoms in total. The number of carboxylic acids is 1. The first-order valence-electron chi connectivity index (χ1n) is 8.25. The van der Waals surface area contributed by atoms with Gasteiger partial charge in [-0.05, 0) is 44.0 Å². The zero-order chi connectivity index (χ0) is 18.2. The van der Waals surface area contributed by atoms with Crippen molar-refractivity contribution >= 4 is 11.9 Å². The van der Waals surface area contributed by atoms with Crippen LogP contribution in [0.25, 0.3) is 0 Å². The molecule has 1 unspecified atom stereocenters. The van der Waals surface area contributed by atoms with E-state index in [0.29, 0.717) is 24.3 Å². The third kappa shape index (κ3) is 6.30. The molecule has 0 bridgehead atoms. The molecule has 0 aliphatic heterocycles. The highest BCUT2D eigenvalue weighted by molar-refractivity contribution is 5.94. The van der Waals surface area contributed by atoms with Gasteiger partial charge in [0.25, 0.3) is 5.91 Å². The van der Waals surface area contributed by atoms with Gasteiger partial charge in [0.2, 0.25) is 0 Å². The van der Waals surface area contributed by atoms with Crippen molar-refractivity contribution in [3.05, 3.63) is 65.2 Å². The van der Waals surface area contributed by atoms with Crippen molar-refractivity contribution in [3.63, 3.8) is 0 Å². The van der Waals surface area contributed by atoms with Gasteiger partial charge >= 0.3 is 5.97 Å². The molecule has 25 heavy (non-hydrogen) atoms. The van der Waals surface area contributed by atoms with Crippen LogP contribution in [0.1, 0.15) is 41.3 Å². The van der Waals surface area contributed by atoms with Crippen molar-refractivity contribution in [2.45, 2.75) is 39.3 Å². The lowest BCUT2D eigenvalue weighted by molar-refractivity contribution is -0.137. The van der Waals surface area contributed by atoms with Crippen molar-refractivity contribution in [2.75, 3.05) is 0 Å². The smallest absolute Gasteiger partial charge is 0.303 e. The van der Waals surface area contributed by atoms with Crippen LogP contribution in [-0.4, -0.2) is 23.0 Å². The molecule has 0 saturated heterocycles. The summed E-state index contributed by atoms with van der Waals surface area (Å²) in [5.74, 6) is -0.487. The molecule has 2 rings (SSSR count). The summed E-state index contributed by atoms with van der Waals surface area (Å²) in [5, 5.41) is 11.5. The van der Waals surface area contributed by atoms with Gasteiger partial charge in [0, 0.05) is 18.0 Å². The number of nitrogens with one attached hydrogen (secondary N) is 1. The Morgan fingerprint density at radius 3 is 2.64 bits per heavy atom. The van der Waals surface area contributed by atoms with E-state index in [-0.39, 0.29) is 18.4 Å². The molecule has 1 amide bonds. The number of carbonyl (C=O) groups is 2. The molecule has 2 N–H and O–H groups in total. The van der Waals surface area contributed by atoms with Crippen LogP contribution < -0.4 is 10.1 Å². The molecule has 1 atom stereocenters. The number of amides is 1. The fraction of sp³-hybridized carbons (Fsp3) is 0.300. The Kier molecular flexibility index (Phi) is 6.57. The zero-order valence-corrected chi connectivity index (χ0v) is 14.5. The SMILES string of the molecule is Cc1cccc(COc2cccc(C(=O)NC(C)CCC(=O)O)c2)c1. The molecule has 132 valence electrons. The topological polar surface area (TPSA) is 75.6 Å². The first-order valence-corrected chi connectivity index (χ1v) is 8.25. The molecule has 0 spiro atoms. The zero-order valence-electron chi connectivity index (χ0n) is 14.5.